The van der Waals surface area contributed by atoms with Crippen molar-refractivity contribution in [2.45, 2.75) is 33.1 Å². The molecule has 0 unspecified atom stereocenters. The second kappa shape index (κ2) is 8.06. The molecule has 1 saturated heterocycles. The predicted octanol–water partition coefficient (Wildman–Crippen LogP) is 3.07. The standard InChI is InChI=1S/C18H28N2O2/c1-4-15(5-2)18(21)19-12-14-9-10-20(13-14)16-7-6-8-17(11-16)22-3/h6-8,11,14-15H,4-5,9-10,12-13H2,1-3H3,(H,19,21)/t14-/m0/s1. The van der Waals surface area contributed by atoms with E-state index in [1.54, 1.807) is 7.11 Å². The Hall–Kier alpha value is -1.71. The normalized spacial score (nSPS) is 17.8. The highest BCUT2D eigenvalue weighted by molar-refractivity contribution is 5.78. The number of hydrogen-bond acceptors (Lipinski definition) is 3. The van der Waals surface area contributed by atoms with E-state index in [4.69, 9.17) is 4.74 Å². The number of nitrogens with zero attached hydrogens (tertiary/aromatic N) is 1. The number of methoxy groups -OCH3 is 1. The highest BCUT2D eigenvalue weighted by atomic mass is 16.5. The van der Waals surface area contributed by atoms with Crippen LogP contribution in [0.25, 0.3) is 0 Å². The van der Waals surface area contributed by atoms with E-state index in [0.717, 1.165) is 44.6 Å². The number of nitrogens with one attached hydrogen (secondary N) is 1. The first-order chi connectivity index (χ1) is 10.7. The monoisotopic (exact) mass is 304 g/mol. The molecule has 122 valence electrons. The van der Waals surface area contributed by atoms with Gasteiger partial charge in [0, 0.05) is 37.3 Å². The predicted molar refractivity (Wildman–Crippen MR) is 90.4 cm³/mol. The lowest BCUT2D eigenvalue weighted by molar-refractivity contribution is -0.125. The zero-order valence-electron chi connectivity index (χ0n) is 14.0. The molecule has 0 saturated carbocycles. The van der Waals surface area contributed by atoms with E-state index in [0.29, 0.717) is 5.92 Å². The molecule has 1 fully saturated rings. The van der Waals surface area contributed by atoms with Crippen molar-refractivity contribution in [3.8, 4) is 5.75 Å². The molecular weight excluding hydrogens is 276 g/mol. The minimum Gasteiger partial charge on any atom is -0.497 e. The summed E-state index contributed by atoms with van der Waals surface area (Å²) in [5.74, 6) is 1.80. The summed E-state index contributed by atoms with van der Waals surface area (Å²) in [6.07, 6.45) is 2.96. The third-order valence-electron chi connectivity index (χ3n) is 4.63. The van der Waals surface area contributed by atoms with Crippen LogP contribution in [0.3, 0.4) is 0 Å². The van der Waals surface area contributed by atoms with Gasteiger partial charge in [0.25, 0.3) is 0 Å². The van der Waals surface area contributed by atoms with E-state index in [1.165, 1.54) is 5.69 Å². The number of carbonyl (C=O) groups is 1. The van der Waals surface area contributed by atoms with Crippen molar-refractivity contribution < 1.29 is 9.53 Å². The number of amides is 1. The van der Waals surface area contributed by atoms with E-state index in [-0.39, 0.29) is 11.8 Å². The Morgan fingerprint density at radius 3 is 2.86 bits per heavy atom. The number of hydrogen-bond donors (Lipinski definition) is 1. The molecule has 22 heavy (non-hydrogen) atoms. The maximum absolute atomic E-state index is 12.1. The maximum Gasteiger partial charge on any atom is 0.223 e. The van der Waals surface area contributed by atoms with Crippen LogP contribution < -0.4 is 15.0 Å². The van der Waals surface area contributed by atoms with Gasteiger partial charge < -0.3 is 15.0 Å². The van der Waals surface area contributed by atoms with Gasteiger partial charge in [0.05, 0.1) is 7.11 Å². The maximum atomic E-state index is 12.1. The number of ether oxygens (including phenoxy) is 1. The number of rotatable bonds is 7. The smallest absolute Gasteiger partial charge is 0.223 e. The first-order valence-corrected chi connectivity index (χ1v) is 8.34. The lowest BCUT2D eigenvalue weighted by Crippen LogP contribution is -2.35. The van der Waals surface area contributed by atoms with Crippen molar-refractivity contribution in [1.29, 1.82) is 0 Å². The fraction of sp³-hybridized carbons (Fsp3) is 0.611. The molecule has 0 radical (unpaired) electrons. The van der Waals surface area contributed by atoms with Crippen molar-refractivity contribution in [2.75, 3.05) is 31.6 Å². The number of carbonyl (C=O) groups excluding carboxylic acids is 1. The number of benzene rings is 1. The summed E-state index contributed by atoms with van der Waals surface area (Å²) in [7, 11) is 1.69. The van der Waals surface area contributed by atoms with E-state index in [1.807, 2.05) is 12.1 Å². The van der Waals surface area contributed by atoms with Gasteiger partial charge in [-0.1, -0.05) is 19.9 Å². The molecule has 1 amide bonds. The topological polar surface area (TPSA) is 41.6 Å². The highest BCUT2D eigenvalue weighted by Gasteiger charge is 2.24. The second-order valence-corrected chi connectivity index (χ2v) is 6.06. The van der Waals surface area contributed by atoms with Crippen molar-refractivity contribution in [1.82, 2.24) is 5.32 Å². The Bertz CT molecular complexity index is 486. The zero-order valence-corrected chi connectivity index (χ0v) is 14.0. The fourth-order valence-corrected chi connectivity index (χ4v) is 3.09. The first kappa shape index (κ1) is 16.7. The van der Waals surface area contributed by atoms with Gasteiger partial charge in [0.2, 0.25) is 5.91 Å². The van der Waals surface area contributed by atoms with Crippen molar-refractivity contribution in [3.63, 3.8) is 0 Å². The molecule has 1 N–H and O–H groups in total. The molecule has 1 aromatic carbocycles. The van der Waals surface area contributed by atoms with Gasteiger partial charge in [0.15, 0.2) is 0 Å². The van der Waals surface area contributed by atoms with Gasteiger partial charge >= 0.3 is 0 Å². The van der Waals surface area contributed by atoms with E-state index < -0.39 is 0 Å². The lowest BCUT2D eigenvalue weighted by atomic mass is 10.0. The Balaban J connectivity index is 1.83. The van der Waals surface area contributed by atoms with E-state index >= 15 is 0 Å². The molecule has 0 aromatic heterocycles. The van der Waals surface area contributed by atoms with E-state index in [9.17, 15) is 4.79 Å². The van der Waals surface area contributed by atoms with Crippen LogP contribution in [0.1, 0.15) is 33.1 Å². The van der Waals surface area contributed by atoms with Crippen LogP contribution >= 0.6 is 0 Å². The molecule has 1 aliphatic heterocycles. The minimum atomic E-state index is 0.163. The average molecular weight is 304 g/mol. The van der Waals surface area contributed by atoms with Crippen LogP contribution in [0.2, 0.25) is 0 Å². The summed E-state index contributed by atoms with van der Waals surface area (Å²) in [6, 6.07) is 8.18. The lowest BCUT2D eigenvalue weighted by Gasteiger charge is -2.20. The molecular formula is C18H28N2O2. The van der Waals surface area contributed by atoms with Crippen molar-refractivity contribution in [3.05, 3.63) is 24.3 Å². The molecule has 0 spiro atoms. The Kier molecular flexibility index (Phi) is 6.10. The zero-order chi connectivity index (χ0) is 15.9. The van der Waals surface area contributed by atoms with Gasteiger partial charge in [-0.05, 0) is 37.3 Å². The summed E-state index contributed by atoms with van der Waals surface area (Å²) in [4.78, 5) is 14.4. The first-order valence-electron chi connectivity index (χ1n) is 8.34. The number of anilines is 1. The van der Waals surface area contributed by atoms with Gasteiger partial charge in [-0.15, -0.1) is 0 Å². The summed E-state index contributed by atoms with van der Waals surface area (Å²) < 4.78 is 5.29. The Morgan fingerprint density at radius 1 is 1.41 bits per heavy atom. The molecule has 2 rings (SSSR count). The van der Waals surface area contributed by atoms with E-state index in [2.05, 4.69) is 36.2 Å². The van der Waals surface area contributed by atoms with Crippen molar-refractivity contribution in [2.24, 2.45) is 11.8 Å². The fourth-order valence-electron chi connectivity index (χ4n) is 3.09. The third-order valence-corrected chi connectivity index (χ3v) is 4.63. The van der Waals surface area contributed by atoms with Gasteiger partial charge in [-0.3, -0.25) is 4.79 Å². The van der Waals surface area contributed by atoms with Gasteiger partial charge in [-0.25, -0.2) is 0 Å². The third kappa shape index (κ3) is 4.15. The average Bonchev–Trinajstić information content (AvgIpc) is 3.03. The van der Waals surface area contributed by atoms with Crippen LogP contribution in [0.15, 0.2) is 24.3 Å². The summed E-state index contributed by atoms with van der Waals surface area (Å²) >= 11 is 0. The molecule has 1 aromatic rings. The second-order valence-electron chi connectivity index (χ2n) is 6.06. The molecule has 0 aliphatic carbocycles. The molecule has 4 nitrogen and oxygen atoms in total. The molecule has 0 bridgehead atoms. The SMILES string of the molecule is CCC(CC)C(=O)NC[C@@H]1CCN(c2cccc(OC)c2)C1. The molecule has 1 aliphatic rings. The van der Waals surface area contributed by atoms with Crippen LogP contribution in [0, 0.1) is 11.8 Å². The Labute approximate surface area is 133 Å². The quantitative estimate of drug-likeness (QED) is 0.841. The molecule has 4 heteroatoms. The van der Waals surface area contributed by atoms with Crippen LogP contribution in [-0.4, -0.2) is 32.7 Å². The molecule has 1 heterocycles. The summed E-state index contributed by atoms with van der Waals surface area (Å²) in [5.41, 5.74) is 1.20. The van der Waals surface area contributed by atoms with Crippen LogP contribution in [-0.2, 0) is 4.79 Å². The highest BCUT2D eigenvalue weighted by Crippen LogP contribution is 2.26. The van der Waals surface area contributed by atoms with Crippen LogP contribution in [0.4, 0.5) is 5.69 Å². The minimum absolute atomic E-state index is 0.163. The Morgan fingerprint density at radius 2 is 2.18 bits per heavy atom. The summed E-state index contributed by atoms with van der Waals surface area (Å²) in [6.45, 7) is 6.98. The molecule has 1 atom stereocenters. The van der Waals surface area contributed by atoms with Gasteiger partial charge in [-0.2, -0.15) is 0 Å². The summed E-state index contributed by atoms with van der Waals surface area (Å²) in [5, 5.41) is 3.13. The van der Waals surface area contributed by atoms with Crippen LogP contribution in [0.5, 0.6) is 5.75 Å². The largest absolute Gasteiger partial charge is 0.497 e. The van der Waals surface area contributed by atoms with Gasteiger partial charge in [0.1, 0.15) is 5.75 Å². The van der Waals surface area contributed by atoms with Crippen molar-refractivity contribution >= 4 is 11.6 Å².